The molecule has 90 valence electrons. The smallest absolute Gasteiger partial charge is 0.238 e. The van der Waals surface area contributed by atoms with Crippen LogP contribution in [-0.4, -0.2) is 30.9 Å². The third-order valence-electron chi connectivity index (χ3n) is 2.35. The van der Waals surface area contributed by atoms with Crippen molar-refractivity contribution in [1.29, 1.82) is 5.26 Å². The first-order valence-electron chi connectivity index (χ1n) is 5.54. The van der Waals surface area contributed by atoms with Gasteiger partial charge < -0.3 is 5.32 Å². The van der Waals surface area contributed by atoms with Crippen LogP contribution in [0.2, 0.25) is 0 Å². The summed E-state index contributed by atoms with van der Waals surface area (Å²) in [6.07, 6.45) is 0.439. The Balaban J connectivity index is 2.39. The first-order valence-corrected chi connectivity index (χ1v) is 5.54. The van der Waals surface area contributed by atoms with E-state index in [0.29, 0.717) is 19.5 Å². The normalized spacial score (nSPS) is 10.0. The number of hydrogen-bond acceptors (Lipinski definition) is 3. The van der Waals surface area contributed by atoms with Crippen molar-refractivity contribution in [2.45, 2.75) is 13.3 Å². The van der Waals surface area contributed by atoms with Gasteiger partial charge in [-0.2, -0.15) is 5.26 Å². The summed E-state index contributed by atoms with van der Waals surface area (Å²) in [7, 11) is 1.83. The number of amides is 1. The first kappa shape index (κ1) is 13.2. The number of carbonyl (C=O) groups is 1. The summed E-state index contributed by atoms with van der Waals surface area (Å²) >= 11 is 0. The summed E-state index contributed by atoms with van der Waals surface area (Å²) in [5.74, 6) is -0.0608. The molecule has 1 aromatic rings. The van der Waals surface area contributed by atoms with Crippen molar-refractivity contribution in [2.75, 3.05) is 25.5 Å². The highest BCUT2D eigenvalue weighted by Gasteiger charge is 2.06. The number of likely N-dealkylation sites (N-methyl/N-ethyl adjacent to an activating group) is 1. The van der Waals surface area contributed by atoms with Crippen LogP contribution in [0.4, 0.5) is 5.69 Å². The second kappa shape index (κ2) is 6.66. The van der Waals surface area contributed by atoms with E-state index in [4.69, 9.17) is 5.26 Å². The van der Waals surface area contributed by atoms with Crippen molar-refractivity contribution in [3.63, 3.8) is 0 Å². The van der Waals surface area contributed by atoms with Crippen LogP contribution in [-0.2, 0) is 4.79 Å². The SMILES string of the molecule is Cc1ccc(NC(=O)CN(C)CCC#N)cc1. The Morgan fingerprint density at radius 2 is 2.06 bits per heavy atom. The number of rotatable bonds is 5. The highest BCUT2D eigenvalue weighted by atomic mass is 16.2. The van der Waals surface area contributed by atoms with Crippen LogP contribution in [0, 0.1) is 18.3 Å². The predicted octanol–water partition coefficient (Wildman–Crippen LogP) is 1.78. The predicted molar refractivity (Wildman–Crippen MR) is 67.5 cm³/mol. The van der Waals surface area contributed by atoms with Crippen LogP contribution in [0.3, 0.4) is 0 Å². The minimum atomic E-state index is -0.0608. The Labute approximate surface area is 102 Å². The molecule has 0 unspecified atom stereocenters. The second-order valence-electron chi connectivity index (χ2n) is 4.06. The molecule has 1 aromatic carbocycles. The fourth-order valence-electron chi connectivity index (χ4n) is 1.40. The molecule has 0 saturated carbocycles. The molecule has 0 aliphatic rings. The van der Waals surface area contributed by atoms with Crippen LogP contribution in [0.25, 0.3) is 0 Å². The number of nitriles is 1. The molecule has 0 aromatic heterocycles. The van der Waals surface area contributed by atoms with Gasteiger partial charge in [0.05, 0.1) is 12.6 Å². The van der Waals surface area contributed by atoms with Gasteiger partial charge in [-0.05, 0) is 26.1 Å². The zero-order chi connectivity index (χ0) is 12.7. The lowest BCUT2D eigenvalue weighted by Crippen LogP contribution is -2.30. The molecule has 0 saturated heterocycles. The summed E-state index contributed by atoms with van der Waals surface area (Å²) in [5, 5.41) is 11.2. The quantitative estimate of drug-likeness (QED) is 0.840. The Morgan fingerprint density at radius 1 is 1.41 bits per heavy atom. The Kier molecular flexibility index (Phi) is 5.18. The third-order valence-corrected chi connectivity index (χ3v) is 2.35. The van der Waals surface area contributed by atoms with E-state index < -0.39 is 0 Å². The number of aryl methyl sites for hydroxylation is 1. The number of anilines is 1. The van der Waals surface area contributed by atoms with E-state index in [1.54, 1.807) is 0 Å². The molecular weight excluding hydrogens is 214 g/mol. The van der Waals surface area contributed by atoms with Gasteiger partial charge in [0.15, 0.2) is 0 Å². The van der Waals surface area contributed by atoms with Crippen molar-refractivity contribution in [2.24, 2.45) is 0 Å². The second-order valence-corrected chi connectivity index (χ2v) is 4.06. The van der Waals surface area contributed by atoms with Gasteiger partial charge in [0.1, 0.15) is 0 Å². The topological polar surface area (TPSA) is 56.1 Å². The molecule has 0 aliphatic heterocycles. The van der Waals surface area contributed by atoms with Crippen molar-refractivity contribution in [3.05, 3.63) is 29.8 Å². The minimum absolute atomic E-state index is 0.0608. The molecule has 0 atom stereocenters. The lowest BCUT2D eigenvalue weighted by atomic mass is 10.2. The minimum Gasteiger partial charge on any atom is -0.325 e. The molecule has 1 N–H and O–H groups in total. The van der Waals surface area contributed by atoms with E-state index in [1.165, 1.54) is 0 Å². The summed E-state index contributed by atoms with van der Waals surface area (Å²) in [4.78, 5) is 13.5. The number of carbonyl (C=O) groups excluding carboxylic acids is 1. The zero-order valence-electron chi connectivity index (χ0n) is 10.2. The van der Waals surface area contributed by atoms with E-state index in [-0.39, 0.29) is 5.91 Å². The van der Waals surface area contributed by atoms with Crippen LogP contribution in [0.5, 0.6) is 0 Å². The van der Waals surface area contributed by atoms with E-state index in [0.717, 1.165) is 11.3 Å². The van der Waals surface area contributed by atoms with Crippen molar-refractivity contribution in [1.82, 2.24) is 4.90 Å². The lowest BCUT2D eigenvalue weighted by molar-refractivity contribution is -0.117. The number of hydrogen-bond donors (Lipinski definition) is 1. The van der Waals surface area contributed by atoms with Crippen LogP contribution >= 0.6 is 0 Å². The lowest BCUT2D eigenvalue weighted by Gasteiger charge is -2.14. The average molecular weight is 231 g/mol. The molecule has 0 fully saturated rings. The standard InChI is InChI=1S/C13H17N3O/c1-11-4-6-12(7-5-11)15-13(17)10-16(2)9-3-8-14/h4-7H,3,9-10H2,1-2H3,(H,15,17). The molecule has 0 aliphatic carbocycles. The van der Waals surface area contributed by atoms with Gasteiger partial charge in [0.2, 0.25) is 5.91 Å². The van der Waals surface area contributed by atoms with Crippen LogP contribution < -0.4 is 5.32 Å². The van der Waals surface area contributed by atoms with E-state index in [1.807, 2.05) is 43.1 Å². The van der Waals surface area contributed by atoms with Gasteiger partial charge in [-0.15, -0.1) is 0 Å². The van der Waals surface area contributed by atoms with E-state index in [9.17, 15) is 4.79 Å². The van der Waals surface area contributed by atoms with Gasteiger partial charge in [0, 0.05) is 18.7 Å². The number of benzene rings is 1. The molecule has 17 heavy (non-hydrogen) atoms. The highest BCUT2D eigenvalue weighted by molar-refractivity contribution is 5.92. The number of nitrogens with one attached hydrogen (secondary N) is 1. The molecular formula is C13H17N3O. The Morgan fingerprint density at radius 3 is 2.65 bits per heavy atom. The van der Waals surface area contributed by atoms with Crippen molar-refractivity contribution >= 4 is 11.6 Å². The average Bonchev–Trinajstić information content (AvgIpc) is 2.29. The van der Waals surface area contributed by atoms with Crippen molar-refractivity contribution < 1.29 is 4.79 Å². The summed E-state index contributed by atoms with van der Waals surface area (Å²) < 4.78 is 0. The molecule has 0 heterocycles. The maximum atomic E-state index is 11.6. The largest absolute Gasteiger partial charge is 0.325 e. The molecule has 0 radical (unpaired) electrons. The molecule has 0 bridgehead atoms. The summed E-state index contributed by atoms with van der Waals surface area (Å²) in [5.41, 5.74) is 1.96. The van der Waals surface area contributed by atoms with Crippen LogP contribution in [0.15, 0.2) is 24.3 Å². The van der Waals surface area contributed by atoms with Crippen LogP contribution in [0.1, 0.15) is 12.0 Å². The summed E-state index contributed by atoms with van der Waals surface area (Å²) in [6, 6.07) is 9.72. The van der Waals surface area contributed by atoms with Gasteiger partial charge in [-0.25, -0.2) is 0 Å². The van der Waals surface area contributed by atoms with E-state index in [2.05, 4.69) is 11.4 Å². The molecule has 4 heteroatoms. The summed E-state index contributed by atoms with van der Waals surface area (Å²) in [6.45, 7) is 2.91. The van der Waals surface area contributed by atoms with Gasteiger partial charge in [-0.1, -0.05) is 17.7 Å². The highest BCUT2D eigenvalue weighted by Crippen LogP contribution is 2.08. The fourth-order valence-corrected chi connectivity index (χ4v) is 1.40. The first-order chi connectivity index (χ1) is 8.11. The zero-order valence-corrected chi connectivity index (χ0v) is 10.2. The third kappa shape index (κ3) is 5.14. The van der Waals surface area contributed by atoms with Gasteiger partial charge in [0.25, 0.3) is 0 Å². The molecule has 0 spiro atoms. The fraction of sp³-hybridized carbons (Fsp3) is 0.385. The van der Waals surface area contributed by atoms with Gasteiger partial charge >= 0.3 is 0 Å². The molecule has 4 nitrogen and oxygen atoms in total. The van der Waals surface area contributed by atoms with E-state index >= 15 is 0 Å². The maximum Gasteiger partial charge on any atom is 0.238 e. The number of nitrogens with zero attached hydrogens (tertiary/aromatic N) is 2. The molecule has 1 amide bonds. The van der Waals surface area contributed by atoms with Crippen molar-refractivity contribution in [3.8, 4) is 6.07 Å². The van der Waals surface area contributed by atoms with Gasteiger partial charge in [-0.3, -0.25) is 9.69 Å². The monoisotopic (exact) mass is 231 g/mol. The molecule has 1 rings (SSSR count). The Bertz CT molecular complexity index is 406. The maximum absolute atomic E-state index is 11.6. The Hall–Kier alpha value is -1.86.